The van der Waals surface area contributed by atoms with Crippen LogP contribution < -0.4 is 20.1 Å². The normalized spacial score (nSPS) is 14.0. The largest absolute Gasteiger partial charge is 0.497 e. The highest BCUT2D eigenvalue weighted by Crippen LogP contribution is 2.33. The maximum absolute atomic E-state index is 13.3. The van der Waals surface area contributed by atoms with Crippen molar-refractivity contribution < 1.29 is 19.2 Å². The third-order valence-corrected chi connectivity index (χ3v) is 5.74. The van der Waals surface area contributed by atoms with Gasteiger partial charge in [-0.3, -0.25) is 14.9 Å². The molecule has 1 aromatic heterocycles. The number of hydrogen-bond acceptors (Lipinski definition) is 7. The van der Waals surface area contributed by atoms with Gasteiger partial charge in [0.1, 0.15) is 11.5 Å². The van der Waals surface area contributed by atoms with Crippen LogP contribution in [0.5, 0.6) is 11.5 Å². The summed E-state index contributed by atoms with van der Waals surface area (Å²) in [5.41, 5.74) is 2.13. The summed E-state index contributed by atoms with van der Waals surface area (Å²) in [6, 6.07) is 11.5. The first-order chi connectivity index (χ1) is 16.0. The Morgan fingerprint density at radius 2 is 1.88 bits per heavy atom. The average Bonchev–Trinajstić information content (AvgIpc) is 3.30. The molecule has 2 N–H and O–H groups in total. The molecule has 2 heterocycles. The topological polar surface area (TPSA) is 121 Å². The van der Waals surface area contributed by atoms with Gasteiger partial charge in [0.2, 0.25) is 0 Å². The van der Waals surface area contributed by atoms with Crippen molar-refractivity contribution in [3.05, 3.63) is 70.0 Å². The minimum absolute atomic E-state index is 0.128. The molecule has 1 saturated heterocycles. The molecule has 33 heavy (non-hydrogen) atoms. The first-order valence-electron chi connectivity index (χ1n) is 10.6. The van der Waals surface area contributed by atoms with Crippen LogP contribution in [0.3, 0.4) is 0 Å². The molecule has 1 aliphatic heterocycles. The van der Waals surface area contributed by atoms with Crippen LogP contribution in [-0.2, 0) is 0 Å². The Morgan fingerprint density at radius 1 is 1.15 bits per heavy atom. The molecule has 1 aliphatic rings. The summed E-state index contributed by atoms with van der Waals surface area (Å²) in [6.45, 7) is 1.69. The van der Waals surface area contributed by atoms with E-state index in [0.29, 0.717) is 11.3 Å². The van der Waals surface area contributed by atoms with Crippen LogP contribution in [0.1, 0.15) is 34.8 Å². The molecule has 3 aromatic rings. The molecule has 172 valence electrons. The number of nitro benzene ring substituents is 1. The molecule has 0 aliphatic carbocycles. The van der Waals surface area contributed by atoms with Crippen LogP contribution in [0, 0.1) is 10.1 Å². The zero-order valence-corrected chi connectivity index (χ0v) is 18.4. The molecule has 0 saturated carbocycles. The van der Waals surface area contributed by atoms with Crippen molar-refractivity contribution in [3.8, 4) is 17.2 Å². The lowest BCUT2D eigenvalue weighted by Gasteiger charge is -2.24. The Bertz CT molecular complexity index is 1150. The summed E-state index contributed by atoms with van der Waals surface area (Å²) in [5.74, 6) is 0.788. The van der Waals surface area contributed by atoms with Crippen LogP contribution in [0.4, 0.5) is 11.4 Å². The Morgan fingerprint density at radius 3 is 2.52 bits per heavy atom. The van der Waals surface area contributed by atoms with Crippen LogP contribution in [0.25, 0.3) is 5.69 Å². The number of nitrogens with zero attached hydrogens (tertiary/aromatic N) is 3. The summed E-state index contributed by atoms with van der Waals surface area (Å²) in [4.78, 5) is 24.0. The molecule has 0 bridgehead atoms. The van der Waals surface area contributed by atoms with Crippen molar-refractivity contribution in [2.24, 2.45) is 0 Å². The number of nitro groups is 1. The summed E-state index contributed by atoms with van der Waals surface area (Å²) in [5, 5.41) is 21.8. The van der Waals surface area contributed by atoms with Gasteiger partial charge >= 0.3 is 0 Å². The van der Waals surface area contributed by atoms with E-state index in [0.717, 1.165) is 43.1 Å². The van der Waals surface area contributed by atoms with Gasteiger partial charge in [-0.1, -0.05) is 0 Å². The van der Waals surface area contributed by atoms with E-state index >= 15 is 0 Å². The van der Waals surface area contributed by atoms with Crippen molar-refractivity contribution in [2.75, 3.05) is 32.6 Å². The summed E-state index contributed by atoms with van der Waals surface area (Å²) < 4.78 is 12.3. The van der Waals surface area contributed by atoms with E-state index in [1.807, 2.05) is 24.3 Å². The molecule has 10 nitrogen and oxygen atoms in total. The molecule has 2 aromatic carbocycles. The first-order valence-corrected chi connectivity index (χ1v) is 10.6. The van der Waals surface area contributed by atoms with Gasteiger partial charge < -0.3 is 20.1 Å². The minimum Gasteiger partial charge on any atom is -0.497 e. The van der Waals surface area contributed by atoms with Crippen molar-refractivity contribution in [1.29, 1.82) is 0 Å². The van der Waals surface area contributed by atoms with Gasteiger partial charge in [0.15, 0.2) is 0 Å². The zero-order chi connectivity index (χ0) is 23.4. The van der Waals surface area contributed by atoms with Crippen molar-refractivity contribution in [2.45, 2.75) is 18.8 Å². The van der Waals surface area contributed by atoms with Crippen LogP contribution in [-0.4, -0.2) is 47.9 Å². The van der Waals surface area contributed by atoms with Gasteiger partial charge in [-0.25, -0.2) is 4.68 Å². The van der Waals surface area contributed by atoms with E-state index in [-0.39, 0.29) is 17.3 Å². The van der Waals surface area contributed by atoms with Gasteiger partial charge in [0.05, 0.1) is 48.0 Å². The monoisotopic (exact) mass is 451 g/mol. The lowest BCUT2D eigenvalue weighted by Crippen LogP contribution is -2.29. The summed E-state index contributed by atoms with van der Waals surface area (Å²) in [6.07, 6.45) is 3.27. The van der Waals surface area contributed by atoms with E-state index < -0.39 is 10.8 Å². The first kappa shape index (κ1) is 22.3. The van der Waals surface area contributed by atoms with E-state index in [4.69, 9.17) is 9.47 Å². The lowest BCUT2D eigenvalue weighted by atomic mass is 9.91. The van der Waals surface area contributed by atoms with Gasteiger partial charge in [-0.05, 0) is 56.3 Å². The highest BCUT2D eigenvalue weighted by atomic mass is 16.6. The minimum atomic E-state index is -0.517. The molecule has 10 heteroatoms. The number of benzene rings is 2. The lowest BCUT2D eigenvalue weighted by molar-refractivity contribution is -0.384. The molecule has 4 rings (SSSR count). The fraction of sp³-hybridized carbons (Fsp3) is 0.304. The molecule has 0 unspecified atom stereocenters. The fourth-order valence-corrected chi connectivity index (χ4v) is 4.05. The van der Waals surface area contributed by atoms with Crippen LogP contribution >= 0.6 is 0 Å². The third kappa shape index (κ3) is 4.65. The Kier molecular flexibility index (Phi) is 6.55. The number of carbonyl (C=O) groups excluding carboxylic acids is 1. The standard InChI is InChI=1S/C23H25N5O5/c1-32-18-6-3-16(4-7-18)27-22(15-9-11-24-12-10-15)19(14-25-27)23(29)26-20-13-17(28(30)31)5-8-21(20)33-2/h3-8,13-15,24H,9-12H2,1-2H3,(H,26,29). The number of amides is 1. The van der Waals surface area contributed by atoms with E-state index in [1.54, 1.807) is 18.0 Å². The number of ether oxygens (including phenoxy) is 2. The second-order valence-electron chi connectivity index (χ2n) is 7.67. The molecule has 1 amide bonds. The smallest absolute Gasteiger partial charge is 0.271 e. The molecule has 0 radical (unpaired) electrons. The average molecular weight is 451 g/mol. The number of nitrogens with one attached hydrogen (secondary N) is 2. The SMILES string of the molecule is COc1ccc(-n2ncc(C(=O)Nc3cc([N+](=O)[O-])ccc3OC)c2C2CCNCC2)cc1. The van der Waals surface area contributed by atoms with Crippen LogP contribution in [0.2, 0.25) is 0 Å². The highest BCUT2D eigenvalue weighted by molar-refractivity contribution is 6.06. The molecular weight excluding hydrogens is 426 g/mol. The van der Waals surface area contributed by atoms with E-state index in [2.05, 4.69) is 15.7 Å². The number of methoxy groups -OCH3 is 2. The maximum Gasteiger partial charge on any atom is 0.271 e. The zero-order valence-electron chi connectivity index (χ0n) is 18.4. The molecule has 1 fully saturated rings. The Labute approximate surface area is 190 Å². The van der Waals surface area contributed by atoms with Gasteiger partial charge in [-0.15, -0.1) is 0 Å². The number of non-ortho nitro benzene ring substituents is 1. The number of aromatic nitrogens is 2. The number of carbonyl (C=O) groups is 1. The number of rotatable bonds is 7. The van der Waals surface area contributed by atoms with Crippen LogP contribution in [0.15, 0.2) is 48.7 Å². The quantitative estimate of drug-likeness (QED) is 0.416. The molecular formula is C23H25N5O5. The van der Waals surface area contributed by atoms with Crippen molar-refractivity contribution in [1.82, 2.24) is 15.1 Å². The summed E-state index contributed by atoms with van der Waals surface area (Å²) >= 11 is 0. The predicted octanol–water partition coefficient (Wildman–Crippen LogP) is 3.52. The number of piperidine rings is 1. The maximum atomic E-state index is 13.3. The summed E-state index contributed by atoms with van der Waals surface area (Å²) in [7, 11) is 3.05. The van der Waals surface area contributed by atoms with Gasteiger partial charge in [0, 0.05) is 18.1 Å². The van der Waals surface area contributed by atoms with Gasteiger partial charge in [-0.2, -0.15) is 5.10 Å². The highest BCUT2D eigenvalue weighted by Gasteiger charge is 2.28. The Hall–Kier alpha value is -3.92. The van der Waals surface area contributed by atoms with Crippen molar-refractivity contribution in [3.63, 3.8) is 0 Å². The van der Waals surface area contributed by atoms with E-state index in [1.165, 1.54) is 25.3 Å². The fourth-order valence-electron chi connectivity index (χ4n) is 4.05. The second-order valence-corrected chi connectivity index (χ2v) is 7.67. The second kappa shape index (κ2) is 9.70. The van der Waals surface area contributed by atoms with E-state index in [9.17, 15) is 14.9 Å². The Balaban J connectivity index is 1.72. The number of anilines is 1. The molecule has 0 atom stereocenters. The molecule has 0 spiro atoms. The van der Waals surface area contributed by atoms with Crippen molar-refractivity contribution >= 4 is 17.3 Å². The third-order valence-electron chi connectivity index (χ3n) is 5.74. The number of hydrogen-bond donors (Lipinski definition) is 2. The predicted molar refractivity (Wildman–Crippen MR) is 123 cm³/mol. The van der Waals surface area contributed by atoms with Gasteiger partial charge in [0.25, 0.3) is 11.6 Å².